The van der Waals surface area contributed by atoms with Gasteiger partial charge in [-0.05, 0) is 42.1 Å². The van der Waals surface area contributed by atoms with Gasteiger partial charge in [-0.15, -0.1) is 0 Å². The van der Waals surface area contributed by atoms with Crippen LogP contribution in [0.4, 0.5) is 5.69 Å². The van der Waals surface area contributed by atoms with Crippen LogP contribution in [-0.2, 0) is 4.79 Å². The van der Waals surface area contributed by atoms with E-state index in [-0.39, 0.29) is 5.11 Å². The molecule has 0 unspecified atom stereocenters. The third-order valence-electron chi connectivity index (χ3n) is 3.20. The number of hydrogen-bond acceptors (Lipinski definition) is 2. The number of carbonyl (C=O) groups excluding carboxylic acids is 1. The first-order valence-corrected chi connectivity index (χ1v) is 9.59. The van der Waals surface area contributed by atoms with Crippen LogP contribution in [0.15, 0.2) is 60.7 Å². The summed E-state index contributed by atoms with van der Waals surface area (Å²) in [6.45, 7) is 0. The van der Waals surface area contributed by atoms with E-state index in [4.69, 9.17) is 58.6 Å². The van der Waals surface area contributed by atoms with Crippen LogP contribution in [0, 0.1) is 0 Å². The predicted molar refractivity (Wildman–Crippen MR) is 119 cm³/mol. The summed E-state index contributed by atoms with van der Waals surface area (Å²) in [6.07, 6.45) is 1.93. The molecule has 0 spiro atoms. The highest BCUT2D eigenvalue weighted by Gasteiger charge is 2.34. The molecule has 9 heteroatoms. The highest BCUT2D eigenvalue weighted by molar-refractivity contribution is 7.80. The topological polar surface area (TPSA) is 53.2 Å². The normalized spacial score (nSPS) is 12.4. The fraction of sp³-hybridized carbons (Fsp3) is 0.111. The second kappa shape index (κ2) is 10.2. The van der Waals surface area contributed by atoms with Gasteiger partial charge in [0, 0.05) is 16.8 Å². The molecule has 3 N–H and O–H groups in total. The smallest absolute Gasteiger partial charge is 0.245 e. The maximum Gasteiger partial charge on any atom is 0.245 e. The van der Waals surface area contributed by atoms with Crippen molar-refractivity contribution in [1.82, 2.24) is 10.6 Å². The van der Waals surface area contributed by atoms with Gasteiger partial charge in [0.05, 0.1) is 0 Å². The molecule has 0 radical (unpaired) electrons. The lowest BCUT2D eigenvalue weighted by molar-refractivity contribution is -0.117. The zero-order valence-corrected chi connectivity index (χ0v) is 17.6. The van der Waals surface area contributed by atoms with Crippen LogP contribution in [0.5, 0.6) is 0 Å². The monoisotopic (exact) mass is 461 g/mol. The van der Waals surface area contributed by atoms with Gasteiger partial charge in [0.15, 0.2) is 5.11 Å². The Morgan fingerprint density at radius 3 is 2.37 bits per heavy atom. The fourth-order valence-electron chi connectivity index (χ4n) is 1.99. The summed E-state index contributed by atoms with van der Waals surface area (Å²) >= 11 is 29.0. The number of nitrogens with one attached hydrogen (secondary N) is 3. The van der Waals surface area contributed by atoms with E-state index in [1.165, 1.54) is 6.08 Å². The fourth-order valence-corrected chi connectivity index (χ4v) is 2.74. The molecule has 4 nitrogen and oxygen atoms in total. The first kappa shape index (κ1) is 21.8. The maximum atomic E-state index is 12.2. The lowest BCUT2D eigenvalue weighted by Gasteiger charge is -2.27. The largest absolute Gasteiger partial charge is 0.339 e. The van der Waals surface area contributed by atoms with Crippen molar-refractivity contribution in [2.24, 2.45) is 0 Å². The van der Waals surface area contributed by atoms with Gasteiger partial charge in [-0.1, -0.05) is 82.8 Å². The second-order valence-electron chi connectivity index (χ2n) is 5.34. The van der Waals surface area contributed by atoms with E-state index in [0.717, 1.165) is 5.56 Å². The average Bonchev–Trinajstić information content (AvgIpc) is 2.59. The summed E-state index contributed by atoms with van der Waals surface area (Å²) in [4.78, 5) is 12.2. The molecule has 0 aliphatic carbocycles. The van der Waals surface area contributed by atoms with Crippen LogP contribution < -0.4 is 16.0 Å². The van der Waals surface area contributed by atoms with Crippen molar-refractivity contribution in [2.75, 3.05) is 5.32 Å². The van der Waals surface area contributed by atoms with Crippen molar-refractivity contribution in [3.8, 4) is 0 Å². The lowest BCUT2D eigenvalue weighted by atomic mass is 10.2. The molecule has 0 aromatic heterocycles. The Labute approximate surface area is 182 Å². The van der Waals surface area contributed by atoms with Crippen LogP contribution in [0.2, 0.25) is 5.02 Å². The van der Waals surface area contributed by atoms with Gasteiger partial charge in [0.1, 0.15) is 6.17 Å². The average molecular weight is 463 g/mol. The molecular formula is C18H15Cl4N3OS. The van der Waals surface area contributed by atoms with Crippen LogP contribution in [0.3, 0.4) is 0 Å². The van der Waals surface area contributed by atoms with Crippen molar-refractivity contribution >= 4 is 81.4 Å². The molecule has 2 aromatic carbocycles. The minimum Gasteiger partial charge on any atom is -0.339 e. The highest BCUT2D eigenvalue weighted by atomic mass is 35.6. The molecule has 1 amide bonds. The molecule has 0 aliphatic heterocycles. The molecule has 0 bridgehead atoms. The third-order valence-corrected chi connectivity index (χ3v) is 4.31. The SMILES string of the molecule is O=C(/C=C/c1ccccc1)N[C@@H](NC(=S)Nc1cccc(Cl)c1)C(Cl)(Cl)Cl. The number of rotatable bonds is 5. The van der Waals surface area contributed by atoms with Gasteiger partial charge in [-0.3, -0.25) is 4.79 Å². The quantitative estimate of drug-likeness (QED) is 0.249. The van der Waals surface area contributed by atoms with E-state index in [1.807, 2.05) is 30.3 Å². The maximum absolute atomic E-state index is 12.2. The first-order valence-electron chi connectivity index (χ1n) is 7.67. The van der Waals surface area contributed by atoms with Crippen LogP contribution >= 0.6 is 58.6 Å². The Kier molecular flexibility index (Phi) is 8.20. The molecule has 142 valence electrons. The van der Waals surface area contributed by atoms with E-state index in [1.54, 1.807) is 30.3 Å². The van der Waals surface area contributed by atoms with Gasteiger partial charge < -0.3 is 16.0 Å². The molecule has 27 heavy (non-hydrogen) atoms. The molecule has 1 atom stereocenters. The van der Waals surface area contributed by atoms with Crippen LogP contribution in [-0.4, -0.2) is 21.0 Å². The number of hydrogen-bond donors (Lipinski definition) is 3. The van der Waals surface area contributed by atoms with E-state index < -0.39 is 15.9 Å². The van der Waals surface area contributed by atoms with Crippen molar-refractivity contribution in [1.29, 1.82) is 0 Å². The molecule has 0 saturated heterocycles. The third kappa shape index (κ3) is 7.95. The number of anilines is 1. The van der Waals surface area contributed by atoms with E-state index in [9.17, 15) is 4.79 Å². The summed E-state index contributed by atoms with van der Waals surface area (Å²) in [5, 5.41) is 8.94. The summed E-state index contributed by atoms with van der Waals surface area (Å²) in [6, 6.07) is 16.3. The number of halogens is 4. The van der Waals surface area contributed by atoms with E-state index in [0.29, 0.717) is 10.7 Å². The molecule has 0 aliphatic rings. The van der Waals surface area contributed by atoms with E-state index >= 15 is 0 Å². The molecule has 2 rings (SSSR count). The molecule has 2 aromatic rings. The Morgan fingerprint density at radius 2 is 1.74 bits per heavy atom. The van der Waals surface area contributed by atoms with Gasteiger partial charge in [0.2, 0.25) is 9.70 Å². The Morgan fingerprint density at radius 1 is 1.04 bits per heavy atom. The summed E-state index contributed by atoms with van der Waals surface area (Å²) < 4.78 is -1.84. The van der Waals surface area contributed by atoms with Crippen molar-refractivity contribution in [3.05, 3.63) is 71.3 Å². The number of benzene rings is 2. The van der Waals surface area contributed by atoms with Crippen molar-refractivity contribution in [2.45, 2.75) is 9.96 Å². The zero-order chi connectivity index (χ0) is 19.9. The number of carbonyl (C=O) groups is 1. The number of amides is 1. The minimum atomic E-state index is -1.84. The minimum absolute atomic E-state index is 0.154. The Bertz CT molecular complexity index is 825. The number of thiocarbonyl (C=S) groups is 1. The Hall–Kier alpha value is -1.50. The Balaban J connectivity index is 1.99. The summed E-state index contributed by atoms with van der Waals surface area (Å²) in [5.41, 5.74) is 1.52. The summed E-state index contributed by atoms with van der Waals surface area (Å²) in [5.74, 6) is -0.451. The molecular weight excluding hydrogens is 448 g/mol. The van der Waals surface area contributed by atoms with E-state index in [2.05, 4.69) is 16.0 Å². The van der Waals surface area contributed by atoms with Crippen LogP contribution in [0.25, 0.3) is 6.08 Å². The zero-order valence-electron chi connectivity index (χ0n) is 13.8. The molecule has 0 saturated carbocycles. The van der Waals surface area contributed by atoms with Crippen LogP contribution in [0.1, 0.15) is 5.56 Å². The van der Waals surface area contributed by atoms with Crippen molar-refractivity contribution < 1.29 is 4.79 Å². The van der Waals surface area contributed by atoms with Gasteiger partial charge in [0.25, 0.3) is 0 Å². The van der Waals surface area contributed by atoms with Gasteiger partial charge >= 0.3 is 0 Å². The van der Waals surface area contributed by atoms with Gasteiger partial charge in [-0.25, -0.2) is 0 Å². The lowest BCUT2D eigenvalue weighted by Crippen LogP contribution is -2.55. The first-order chi connectivity index (χ1) is 12.7. The highest BCUT2D eigenvalue weighted by Crippen LogP contribution is 2.29. The van der Waals surface area contributed by atoms with Crippen molar-refractivity contribution in [3.63, 3.8) is 0 Å². The predicted octanol–water partition coefficient (Wildman–Crippen LogP) is 5.15. The standard InChI is InChI=1S/C18H15Cl4N3OS/c19-13-7-4-8-14(11-13)23-17(27)25-16(18(20,21)22)24-15(26)10-9-12-5-2-1-3-6-12/h1-11,16H,(H,24,26)(H2,23,25,27)/b10-9+/t16-/m0/s1. The second-order valence-corrected chi connectivity index (χ2v) is 8.55. The van der Waals surface area contributed by atoms with Gasteiger partial charge in [-0.2, -0.15) is 0 Å². The molecule has 0 heterocycles. The molecule has 0 fully saturated rings. The summed E-state index contributed by atoms with van der Waals surface area (Å²) in [7, 11) is 0. The number of alkyl halides is 3.